The normalized spacial score (nSPS) is 30.2. The minimum absolute atomic E-state index is 0.108. The molecule has 2 fully saturated rings. The Balaban J connectivity index is 1.90. The fraction of sp³-hybridized carbons (Fsp3) is 0.684. The first-order chi connectivity index (χ1) is 14.7. The third-order valence-electron chi connectivity index (χ3n) is 6.38. The molecule has 1 saturated carbocycles. The molecule has 5 unspecified atom stereocenters. The first kappa shape index (κ1) is 22.2. The van der Waals surface area contributed by atoms with Crippen LogP contribution in [0.4, 0.5) is 17.6 Å². The highest BCUT2D eigenvalue weighted by Crippen LogP contribution is 2.46. The van der Waals surface area contributed by atoms with Crippen molar-refractivity contribution in [2.45, 2.75) is 49.7 Å². The third kappa shape index (κ3) is 3.55. The van der Waals surface area contributed by atoms with Crippen molar-refractivity contribution in [3.8, 4) is 0 Å². The number of aromatic nitrogens is 2. The molecular formula is C19H24F4N4O4. The Morgan fingerprint density at radius 1 is 1.29 bits per heavy atom. The smallest absolute Gasteiger partial charge is 0.328 e. The Labute approximate surface area is 174 Å². The summed E-state index contributed by atoms with van der Waals surface area (Å²) in [6.07, 6.45) is -4.96. The van der Waals surface area contributed by atoms with Crippen molar-refractivity contribution in [1.29, 1.82) is 0 Å². The predicted octanol–water partition coefficient (Wildman–Crippen LogP) is 0.476. The van der Waals surface area contributed by atoms with Gasteiger partial charge in [-0.15, -0.1) is 0 Å². The van der Waals surface area contributed by atoms with Crippen molar-refractivity contribution in [1.82, 2.24) is 14.5 Å². The number of nitrogens with zero attached hydrogens (tertiary/aromatic N) is 2. The highest BCUT2D eigenvalue weighted by molar-refractivity contribution is 5.74. The summed E-state index contributed by atoms with van der Waals surface area (Å²) in [5, 5.41) is 9.28. The molecular weight excluding hydrogens is 424 g/mol. The van der Waals surface area contributed by atoms with Crippen LogP contribution >= 0.6 is 0 Å². The number of aromatic amines is 1. The number of nitrogens with two attached hydrogens (primary N) is 1. The van der Waals surface area contributed by atoms with Gasteiger partial charge >= 0.3 is 5.69 Å². The Kier molecular flexibility index (Phi) is 5.83. The highest BCUT2D eigenvalue weighted by Gasteiger charge is 2.50. The van der Waals surface area contributed by atoms with Gasteiger partial charge in [0.25, 0.3) is 12.0 Å². The largest absolute Gasteiger partial charge is 0.395 e. The second-order valence-corrected chi connectivity index (χ2v) is 8.26. The molecule has 2 aliphatic carbocycles. The van der Waals surface area contributed by atoms with Gasteiger partial charge in [-0.3, -0.25) is 19.2 Å². The number of allylic oxidation sites excluding steroid dienone is 1. The van der Waals surface area contributed by atoms with E-state index in [0.717, 1.165) is 0 Å². The molecule has 0 spiro atoms. The van der Waals surface area contributed by atoms with Crippen LogP contribution in [-0.2, 0) is 4.74 Å². The number of aliphatic hydroxyl groups is 1. The topological polar surface area (TPSA) is 114 Å². The van der Waals surface area contributed by atoms with Gasteiger partial charge in [0.05, 0.1) is 29.5 Å². The van der Waals surface area contributed by atoms with Crippen molar-refractivity contribution in [2.24, 2.45) is 11.7 Å². The molecule has 0 amide bonds. The number of alkyl halides is 3. The van der Waals surface area contributed by atoms with Gasteiger partial charge in [0.2, 0.25) is 0 Å². The average Bonchev–Trinajstić information content (AvgIpc) is 3.47. The second-order valence-electron chi connectivity index (χ2n) is 8.26. The molecule has 4 N–H and O–H groups in total. The molecule has 1 aromatic rings. The van der Waals surface area contributed by atoms with Crippen LogP contribution in [0.25, 0.3) is 5.57 Å². The number of likely N-dealkylation sites (tertiary alicyclic amines) is 1. The van der Waals surface area contributed by atoms with Crippen molar-refractivity contribution in [3.05, 3.63) is 37.9 Å². The number of halogens is 4. The maximum Gasteiger partial charge on any atom is 0.328 e. The molecule has 1 aliphatic heterocycles. The number of rotatable bonds is 6. The molecule has 0 bridgehead atoms. The monoisotopic (exact) mass is 448 g/mol. The molecule has 1 aromatic heterocycles. The van der Waals surface area contributed by atoms with E-state index < -0.39 is 71.5 Å². The zero-order valence-electron chi connectivity index (χ0n) is 16.7. The van der Waals surface area contributed by atoms with Crippen molar-refractivity contribution < 1.29 is 27.4 Å². The Hall–Kier alpha value is -2.02. The van der Waals surface area contributed by atoms with E-state index in [1.807, 2.05) is 4.98 Å². The summed E-state index contributed by atoms with van der Waals surface area (Å²) < 4.78 is 64.7. The summed E-state index contributed by atoms with van der Waals surface area (Å²) in [5.74, 6) is -2.14. The number of ether oxygens (including phenoxy) is 1. The lowest BCUT2D eigenvalue weighted by molar-refractivity contribution is 0.0153. The highest BCUT2D eigenvalue weighted by atomic mass is 19.3. The SMILES string of the molecule is COC1c2c(c(=O)[nH]c(=O)n2C2CC2)C(C(F)F)=C(F)C1N1CC(F)C(C(N)CO)C1. The first-order valence-electron chi connectivity index (χ1n) is 10.0. The number of nitrogens with one attached hydrogen (secondary N) is 1. The van der Waals surface area contributed by atoms with Gasteiger partial charge in [-0.1, -0.05) is 0 Å². The number of H-pyrrole nitrogens is 1. The number of hydrogen-bond donors (Lipinski definition) is 3. The molecule has 8 nitrogen and oxygen atoms in total. The molecule has 12 heteroatoms. The maximum absolute atomic E-state index is 15.5. The number of hydrogen-bond acceptors (Lipinski definition) is 6. The number of methoxy groups -OCH3 is 1. The summed E-state index contributed by atoms with van der Waals surface area (Å²) in [5.41, 5.74) is 2.01. The standard InChI is InChI=1S/C19H24F4N4O4/c1-31-16-14-12(18(29)25-19(30)27(14)7-2-3-7)11(17(22)23)13(21)15(16)26-4-8(9(20)5-26)10(24)6-28/h7-10,15-17,28H,2-6,24H2,1H3,(H,25,29,30). The second kappa shape index (κ2) is 8.15. The van der Waals surface area contributed by atoms with Crippen LogP contribution in [0.2, 0.25) is 0 Å². The van der Waals surface area contributed by atoms with E-state index >= 15 is 4.39 Å². The molecule has 3 aliphatic rings. The molecule has 4 rings (SSSR count). The number of aliphatic hydroxyl groups excluding tert-OH is 1. The minimum Gasteiger partial charge on any atom is -0.395 e. The van der Waals surface area contributed by atoms with Gasteiger partial charge in [0, 0.05) is 38.2 Å². The van der Waals surface area contributed by atoms with E-state index in [9.17, 15) is 27.9 Å². The maximum atomic E-state index is 15.5. The lowest BCUT2D eigenvalue weighted by Crippen LogP contribution is -2.48. The van der Waals surface area contributed by atoms with Gasteiger partial charge in [0.15, 0.2) is 0 Å². The van der Waals surface area contributed by atoms with E-state index in [1.165, 1.54) is 16.6 Å². The van der Waals surface area contributed by atoms with E-state index in [4.69, 9.17) is 10.5 Å². The lowest BCUT2D eigenvalue weighted by Gasteiger charge is -2.38. The molecule has 5 atom stereocenters. The zero-order chi connectivity index (χ0) is 22.6. The van der Waals surface area contributed by atoms with Crippen LogP contribution in [0.5, 0.6) is 0 Å². The lowest BCUT2D eigenvalue weighted by atomic mass is 9.87. The third-order valence-corrected chi connectivity index (χ3v) is 6.38. The van der Waals surface area contributed by atoms with Gasteiger partial charge in [-0.25, -0.2) is 22.4 Å². The molecule has 31 heavy (non-hydrogen) atoms. The van der Waals surface area contributed by atoms with E-state index in [2.05, 4.69) is 0 Å². The number of fused-ring (bicyclic) bond motifs is 1. The van der Waals surface area contributed by atoms with Crippen molar-refractivity contribution >= 4 is 5.57 Å². The summed E-state index contributed by atoms with van der Waals surface area (Å²) in [6, 6.07) is -2.70. The summed E-state index contributed by atoms with van der Waals surface area (Å²) >= 11 is 0. The Morgan fingerprint density at radius 3 is 2.52 bits per heavy atom. The first-order valence-corrected chi connectivity index (χ1v) is 10.0. The Morgan fingerprint density at radius 2 is 1.97 bits per heavy atom. The van der Waals surface area contributed by atoms with Gasteiger partial charge in [0.1, 0.15) is 18.1 Å². The van der Waals surface area contributed by atoms with Crippen molar-refractivity contribution in [3.63, 3.8) is 0 Å². The fourth-order valence-electron chi connectivity index (χ4n) is 4.75. The van der Waals surface area contributed by atoms with Gasteiger partial charge in [-0.05, 0) is 12.8 Å². The molecule has 0 aromatic carbocycles. The zero-order valence-corrected chi connectivity index (χ0v) is 16.7. The molecule has 172 valence electrons. The molecule has 0 radical (unpaired) electrons. The Bertz CT molecular complexity index is 1010. The van der Waals surface area contributed by atoms with Crippen LogP contribution < -0.4 is 17.0 Å². The van der Waals surface area contributed by atoms with Crippen LogP contribution in [0.3, 0.4) is 0 Å². The van der Waals surface area contributed by atoms with E-state index in [-0.39, 0.29) is 24.8 Å². The van der Waals surface area contributed by atoms with Gasteiger partial charge in [-0.2, -0.15) is 0 Å². The summed E-state index contributed by atoms with van der Waals surface area (Å²) in [7, 11) is 1.21. The van der Waals surface area contributed by atoms with E-state index in [1.54, 1.807) is 0 Å². The summed E-state index contributed by atoms with van der Waals surface area (Å²) in [6.45, 7) is -0.917. The van der Waals surface area contributed by atoms with Crippen LogP contribution in [-0.4, -0.2) is 71.0 Å². The molecule has 1 saturated heterocycles. The van der Waals surface area contributed by atoms with Gasteiger partial charge < -0.3 is 15.6 Å². The van der Waals surface area contributed by atoms with Crippen LogP contribution in [0, 0.1) is 5.92 Å². The quantitative estimate of drug-likeness (QED) is 0.546. The summed E-state index contributed by atoms with van der Waals surface area (Å²) in [4.78, 5) is 28.3. The minimum atomic E-state index is -3.34. The fourth-order valence-corrected chi connectivity index (χ4v) is 4.75. The van der Waals surface area contributed by atoms with E-state index in [0.29, 0.717) is 12.8 Å². The van der Waals surface area contributed by atoms with Crippen LogP contribution in [0.1, 0.15) is 36.2 Å². The van der Waals surface area contributed by atoms with Crippen LogP contribution in [0.15, 0.2) is 15.4 Å². The predicted molar refractivity (Wildman–Crippen MR) is 102 cm³/mol. The van der Waals surface area contributed by atoms with Crippen molar-refractivity contribution in [2.75, 3.05) is 26.8 Å². The molecule has 2 heterocycles. The average molecular weight is 448 g/mol.